The first-order valence-electron chi connectivity index (χ1n) is 44.5. The molecule has 0 aliphatic carbocycles. The lowest BCUT2D eigenvalue weighted by atomic mass is 9.94. The maximum Gasteiger partial charge on any atom is 0.0979 e. The molecule has 0 fully saturated rings. The van der Waals surface area contributed by atoms with E-state index in [1.165, 1.54) is 10.8 Å². The summed E-state index contributed by atoms with van der Waals surface area (Å²) in [6.45, 7) is 0. The van der Waals surface area contributed by atoms with Crippen molar-refractivity contribution in [1.29, 1.82) is 0 Å². The molecule has 24 aromatic rings. The summed E-state index contributed by atoms with van der Waals surface area (Å²) in [6.07, 6.45) is 10.9. The van der Waals surface area contributed by atoms with Crippen LogP contribution in [-0.4, -0.2) is 59.8 Å². The summed E-state index contributed by atoms with van der Waals surface area (Å²) in [7, 11) is 0. The average Bonchev–Trinajstić information content (AvgIpc) is 0.775. The zero-order chi connectivity index (χ0) is 89.6. The van der Waals surface area contributed by atoms with Crippen molar-refractivity contribution < 1.29 is 0 Å². The molecular weight excluding hydrogens is 1630 g/mol. The molecule has 0 saturated heterocycles. The Kier molecular flexibility index (Phi) is 23.9. The Morgan fingerprint density at radius 2 is 0.388 bits per heavy atom. The first-order chi connectivity index (χ1) is 66.4. The number of rotatable bonds is 15. The molecule has 630 valence electrons. The van der Waals surface area contributed by atoms with Crippen molar-refractivity contribution >= 4 is 54.9 Å². The van der Waals surface area contributed by atoms with Gasteiger partial charge in [0, 0.05) is 92.8 Å². The summed E-state index contributed by atoms with van der Waals surface area (Å²) < 4.78 is 0. The molecule has 0 saturated carbocycles. The molecule has 0 unspecified atom stereocenters. The molecule has 16 aromatic carbocycles. The van der Waals surface area contributed by atoms with Crippen molar-refractivity contribution in [1.82, 2.24) is 59.8 Å². The van der Waals surface area contributed by atoms with E-state index in [-0.39, 0.29) is 0 Å². The highest BCUT2D eigenvalue weighted by molar-refractivity contribution is 5.98. The fourth-order valence-electron chi connectivity index (χ4n) is 17.0. The zero-order valence-corrected chi connectivity index (χ0v) is 72.7. The van der Waals surface area contributed by atoms with Gasteiger partial charge in [0.15, 0.2) is 0 Å². The number of para-hydroxylation sites is 8. The van der Waals surface area contributed by atoms with Gasteiger partial charge in [0.1, 0.15) is 0 Å². The molecule has 8 aromatic heterocycles. The van der Waals surface area contributed by atoms with Crippen molar-refractivity contribution in [2.24, 2.45) is 0 Å². The van der Waals surface area contributed by atoms with Crippen LogP contribution in [0.25, 0.3) is 223 Å². The van der Waals surface area contributed by atoms with Crippen molar-refractivity contribution in [2.75, 3.05) is 0 Å². The van der Waals surface area contributed by atoms with Gasteiger partial charge >= 0.3 is 0 Å². The Labute approximate surface area is 776 Å². The Bertz CT molecular complexity index is 7650. The van der Waals surface area contributed by atoms with Gasteiger partial charge in [-0.25, -0.2) is 39.9 Å². The number of fused-ring (bicyclic) bond motifs is 5. The first-order valence-corrected chi connectivity index (χ1v) is 44.5. The Hall–Kier alpha value is -18.3. The van der Waals surface area contributed by atoms with E-state index in [0.717, 1.165) is 212 Å². The molecule has 12 nitrogen and oxygen atoms in total. The van der Waals surface area contributed by atoms with Crippen LogP contribution in [0.15, 0.2) is 498 Å². The van der Waals surface area contributed by atoms with Gasteiger partial charge in [0.25, 0.3) is 0 Å². The maximum absolute atomic E-state index is 5.12. The normalized spacial score (nSPS) is 11.0. The minimum atomic E-state index is 0.870. The summed E-state index contributed by atoms with van der Waals surface area (Å²) in [5.74, 6) is 0. The van der Waals surface area contributed by atoms with Gasteiger partial charge in [-0.15, -0.1) is 0 Å². The van der Waals surface area contributed by atoms with Crippen LogP contribution in [0, 0.1) is 0 Å². The second-order valence-corrected chi connectivity index (χ2v) is 32.2. The highest BCUT2D eigenvalue weighted by atomic mass is 14.9. The van der Waals surface area contributed by atoms with E-state index in [1.54, 1.807) is 6.20 Å². The number of hydrogen-bond acceptors (Lipinski definition) is 12. The third-order valence-electron chi connectivity index (χ3n) is 23.7. The second kappa shape index (κ2) is 38.7. The van der Waals surface area contributed by atoms with Crippen LogP contribution in [-0.2, 0) is 0 Å². The monoisotopic (exact) mass is 1710 g/mol. The fourth-order valence-corrected chi connectivity index (χ4v) is 17.0. The van der Waals surface area contributed by atoms with Crippen molar-refractivity contribution in [3.63, 3.8) is 0 Å². The van der Waals surface area contributed by atoms with Crippen LogP contribution in [0.5, 0.6) is 0 Å². The molecule has 0 aliphatic rings. The van der Waals surface area contributed by atoms with Crippen LogP contribution in [0.3, 0.4) is 0 Å². The molecule has 0 radical (unpaired) electrons. The minimum Gasteiger partial charge on any atom is -0.265 e. The molecule has 134 heavy (non-hydrogen) atoms. The van der Waals surface area contributed by atoms with E-state index in [0.29, 0.717) is 0 Å². The number of aromatic nitrogens is 12. The standard InChI is InChI=1S/3C31H21N3.C29H19N3/c1-2-10-22(11-3-1)25-12-4-5-13-26(25)31-30(33-28-15-6-7-16-29(28)34-31)24-19-17-23(18-20-24)27-14-8-9-21-32-27;1-2-9-23(10-3-1)26-12-4-5-13-27(26)31-30(33-28-14-6-7-15-29(28)34-31)24-18-16-22(17-19-24)25-11-8-20-32-21-25;1-2-8-24(9-3-1)26-10-4-5-11-27(26)31-30(33-28-12-6-7-13-29(28)34-31)25-16-14-22(15-17-25)23-18-20-32-21-19-23;1-2-8-23-19-24(17-12-20(23)7-1)29-28(31-26-10-3-4-11-27(26)32-29)22-15-13-21(14-16-22)25-9-5-6-18-30-25/h3*1-21H;1-19H. The van der Waals surface area contributed by atoms with Crippen molar-refractivity contribution in [3.8, 4) is 168 Å². The lowest BCUT2D eigenvalue weighted by Gasteiger charge is -2.14. The fraction of sp³-hybridized carbons (Fsp3) is 0. The van der Waals surface area contributed by atoms with Gasteiger partial charge in [-0.2, -0.15) is 0 Å². The molecule has 0 aliphatic heterocycles. The van der Waals surface area contributed by atoms with Gasteiger partial charge in [0.2, 0.25) is 0 Å². The van der Waals surface area contributed by atoms with Gasteiger partial charge in [0.05, 0.1) is 101 Å². The summed E-state index contributed by atoms with van der Waals surface area (Å²) in [4.78, 5) is 58.0. The smallest absolute Gasteiger partial charge is 0.0979 e. The van der Waals surface area contributed by atoms with Crippen molar-refractivity contribution in [3.05, 3.63) is 498 Å². The lowest BCUT2D eigenvalue weighted by molar-refractivity contribution is 1.29. The number of pyridine rings is 4. The molecule has 8 heterocycles. The lowest BCUT2D eigenvalue weighted by Crippen LogP contribution is -1.97. The number of benzene rings is 16. The zero-order valence-electron chi connectivity index (χ0n) is 72.7. The minimum absolute atomic E-state index is 0.870. The maximum atomic E-state index is 5.12. The van der Waals surface area contributed by atoms with E-state index in [4.69, 9.17) is 39.9 Å². The number of hydrogen-bond donors (Lipinski definition) is 0. The first kappa shape index (κ1) is 82.7. The molecule has 24 rings (SSSR count). The predicted molar refractivity (Wildman–Crippen MR) is 548 cm³/mol. The Morgan fingerprint density at radius 1 is 0.127 bits per heavy atom. The summed E-state index contributed by atoms with van der Waals surface area (Å²) in [5, 5.41) is 2.41. The van der Waals surface area contributed by atoms with Crippen LogP contribution < -0.4 is 0 Å². The number of nitrogens with zero attached hydrogens (tertiary/aromatic N) is 12. The van der Waals surface area contributed by atoms with Gasteiger partial charge in [-0.3, -0.25) is 19.9 Å². The van der Waals surface area contributed by atoms with Crippen LogP contribution in [0.4, 0.5) is 0 Å². The van der Waals surface area contributed by atoms with E-state index in [9.17, 15) is 0 Å². The van der Waals surface area contributed by atoms with Gasteiger partial charge < -0.3 is 0 Å². The largest absolute Gasteiger partial charge is 0.265 e. The predicted octanol–water partition coefficient (Wildman–Crippen LogP) is 30.3. The summed E-state index contributed by atoms with van der Waals surface area (Å²) in [5.41, 5.74) is 38.0. The van der Waals surface area contributed by atoms with Crippen LogP contribution in [0.2, 0.25) is 0 Å². The topological polar surface area (TPSA) is 155 Å². The van der Waals surface area contributed by atoms with Crippen molar-refractivity contribution in [2.45, 2.75) is 0 Å². The Morgan fingerprint density at radius 3 is 0.731 bits per heavy atom. The van der Waals surface area contributed by atoms with E-state index < -0.39 is 0 Å². The average molecular weight is 1720 g/mol. The highest BCUT2D eigenvalue weighted by Gasteiger charge is 2.23. The third-order valence-corrected chi connectivity index (χ3v) is 23.7. The summed E-state index contributed by atoms with van der Waals surface area (Å²) >= 11 is 0. The van der Waals surface area contributed by atoms with E-state index in [1.807, 2.05) is 201 Å². The molecule has 0 bridgehead atoms. The third kappa shape index (κ3) is 18.1. The molecule has 0 spiro atoms. The molecular formula is C122H82N12. The Balaban J connectivity index is 0.000000107. The molecule has 0 amide bonds. The molecule has 0 N–H and O–H groups in total. The van der Waals surface area contributed by atoms with Crippen LogP contribution in [0.1, 0.15) is 0 Å². The molecule has 12 heteroatoms. The molecule has 0 atom stereocenters. The highest BCUT2D eigenvalue weighted by Crippen LogP contribution is 2.43. The quantitative estimate of drug-likeness (QED) is 0.0959. The van der Waals surface area contributed by atoms with Crippen LogP contribution >= 0.6 is 0 Å². The SMILES string of the molecule is c1ccc(-c2ccc(-c3nc4ccccc4nc3-c3ccc4ccccc4c3)cc2)nc1.c1ccc(-c2ccccc2-c2nc3ccccc3nc2-c2ccc(-c3ccccn3)cc2)cc1.c1ccc(-c2ccccc2-c2nc3ccccc3nc2-c2ccc(-c3cccnc3)cc2)cc1.c1ccc(-c2ccccc2-c2nc3ccccc3nc2-c2ccc(-c3ccncc3)cc2)cc1. The second-order valence-electron chi connectivity index (χ2n) is 32.2. The van der Waals surface area contributed by atoms with Gasteiger partial charge in [-0.1, -0.05) is 364 Å². The van der Waals surface area contributed by atoms with E-state index >= 15 is 0 Å². The van der Waals surface area contributed by atoms with Gasteiger partial charge in [-0.05, 0) is 163 Å². The van der Waals surface area contributed by atoms with E-state index in [2.05, 4.69) is 311 Å². The summed E-state index contributed by atoms with van der Waals surface area (Å²) in [6, 6.07) is 157.